The highest BCUT2D eigenvalue weighted by Gasteiger charge is 2.70. The molecule has 0 spiro atoms. The van der Waals surface area contributed by atoms with E-state index in [1.807, 2.05) is 30.3 Å². The summed E-state index contributed by atoms with van der Waals surface area (Å²) in [5, 5.41) is 11.8. The van der Waals surface area contributed by atoms with Crippen LogP contribution in [-0.2, 0) is 34.3 Å². The van der Waals surface area contributed by atoms with Crippen LogP contribution in [0.15, 0.2) is 43.0 Å². The first-order chi connectivity index (χ1) is 27.1. The maximum absolute atomic E-state index is 14.8. The van der Waals surface area contributed by atoms with Crippen molar-refractivity contribution in [3.05, 3.63) is 48.6 Å². The molecule has 7 aliphatic rings. The number of fused-ring (bicyclic) bond motifs is 1. The maximum Gasteiger partial charge on any atom is 0.326 e. The number of hydrogen-bond acceptors (Lipinski definition) is 7. The van der Waals surface area contributed by atoms with E-state index in [0.717, 1.165) is 56.9 Å². The molecule has 1 aromatic rings. The molecule has 57 heavy (non-hydrogen) atoms. The lowest BCUT2D eigenvalue weighted by Crippen LogP contribution is -2.64. The highest BCUT2D eigenvalue weighted by molar-refractivity contribution is 6.38. The summed E-state index contributed by atoms with van der Waals surface area (Å²) >= 11 is 0. The third-order valence-electron chi connectivity index (χ3n) is 14.6. The van der Waals surface area contributed by atoms with Gasteiger partial charge in [0.15, 0.2) is 0 Å². The number of nitrogens with zero attached hydrogens (tertiary/aromatic N) is 1. The Morgan fingerprint density at radius 1 is 0.930 bits per heavy atom. The second-order valence-corrected chi connectivity index (χ2v) is 19.4. The fraction of sp³-hybridized carbons (Fsp3) is 0.689. The number of allylic oxidation sites excluding steroid dienone is 1. The van der Waals surface area contributed by atoms with E-state index >= 15 is 0 Å². The summed E-state index contributed by atoms with van der Waals surface area (Å²) in [4.78, 5) is 84.3. The Morgan fingerprint density at radius 3 is 2.18 bits per heavy atom. The minimum absolute atomic E-state index is 0.0439. The van der Waals surface area contributed by atoms with Crippen molar-refractivity contribution in [1.29, 1.82) is 0 Å². The molecule has 1 aromatic carbocycles. The highest BCUT2D eigenvalue weighted by atomic mass is 16.6. The van der Waals surface area contributed by atoms with Crippen LogP contribution in [0.2, 0.25) is 0 Å². The van der Waals surface area contributed by atoms with E-state index in [1.54, 1.807) is 24.8 Å². The zero-order chi connectivity index (χ0) is 40.7. The number of ketones is 1. The normalized spacial score (nSPS) is 30.6. The van der Waals surface area contributed by atoms with Crippen LogP contribution in [0.5, 0.6) is 0 Å². The first-order valence-electron chi connectivity index (χ1n) is 21.5. The molecule has 5 atom stereocenters. The predicted molar refractivity (Wildman–Crippen MR) is 214 cm³/mol. The van der Waals surface area contributed by atoms with E-state index in [-0.39, 0.29) is 47.1 Å². The van der Waals surface area contributed by atoms with Crippen LogP contribution in [0.25, 0.3) is 0 Å². The molecule has 4 bridgehead atoms. The van der Waals surface area contributed by atoms with E-state index < -0.39 is 53.8 Å². The standard InChI is InChI=1S/C45H63N5O7/c1-6-7-18-33(38(52)40(54)46-25-34(51)57-44(4,5)31-16-12-9-13-17-31)47-39(53)37-35-32(43(35,2)3)26-50(37)41(55)36(30-14-10-8-11-15-30)48-42(56)49-45-22-27-19-28(23-45)21-29(20-27)24-45/h6,9,12-13,16-17,27-30,32-33,35-37H,1,7-8,10-11,14-15,18-26H2,2-5H3,(H,46,54)(H,47,53)(H2,48,49,56)/t27?,28?,29?,32?,33?,35-,36-,37-,45?/m0/s1. The number of urea groups is 1. The summed E-state index contributed by atoms with van der Waals surface area (Å²) in [6.45, 7) is 11.3. The third kappa shape index (κ3) is 8.65. The number of carbonyl (C=O) groups is 6. The van der Waals surface area contributed by atoms with Crippen molar-refractivity contribution in [1.82, 2.24) is 26.2 Å². The summed E-state index contributed by atoms with van der Waals surface area (Å²) < 4.78 is 5.61. The van der Waals surface area contributed by atoms with Gasteiger partial charge in [-0.3, -0.25) is 24.0 Å². The molecular formula is C45H63N5O7. The Kier molecular flexibility index (Phi) is 11.6. The Bertz CT molecular complexity index is 1700. The largest absolute Gasteiger partial charge is 0.453 e. The molecule has 12 heteroatoms. The third-order valence-corrected chi connectivity index (χ3v) is 14.6. The number of hydrogen-bond donors (Lipinski definition) is 4. The molecule has 6 saturated carbocycles. The van der Waals surface area contributed by atoms with Gasteiger partial charge in [-0.25, -0.2) is 4.79 Å². The molecule has 1 heterocycles. The minimum Gasteiger partial charge on any atom is -0.453 e. The molecule has 1 aliphatic heterocycles. The lowest BCUT2D eigenvalue weighted by molar-refractivity contribution is -0.157. The van der Waals surface area contributed by atoms with E-state index in [9.17, 15) is 28.8 Å². The van der Waals surface area contributed by atoms with Gasteiger partial charge < -0.3 is 30.9 Å². The topological polar surface area (TPSA) is 163 Å². The van der Waals surface area contributed by atoms with Crippen molar-refractivity contribution in [2.75, 3.05) is 13.1 Å². The number of esters is 1. The summed E-state index contributed by atoms with van der Waals surface area (Å²) in [6.07, 6.45) is 13.5. The number of amides is 5. The smallest absolute Gasteiger partial charge is 0.326 e. The van der Waals surface area contributed by atoms with Gasteiger partial charge in [0, 0.05) is 12.1 Å². The number of Topliss-reactive ketones (excluding diaryl/α,β-unsaturated/α-hetero) is 1. The average molecular weight is 786 g/mol. The molecule has 4 N–H and O–H groups in total. The van der Waals surface area contributed by atoms with Gasteiger partial charge in [0.25, 0.3) is 5.91 Å². The number of nitrogens with one attached hydrogen (secondary N) is 4. The lowest BCUT2D eigenvalue weighted by atomic mass is 9.53. The first kappa shape index (κ1) is 41.0. The molecule has 2 unspecified atom stereocenters. The molecule has 12 nitrogen and oxygen atoms in total. The van der Waals surface area contributed by atoms with Crippen molar-refractivity contribution >= 4 is 35.5 Å². The monoisotopic (exact) mass is 785 g/mol. The van der Waals surface area contributed by atoms with Gasteiger partial charge in [-0.1, -0.05) is 69.5 Å². The summed E-state index contributed by atoms with van der Waals surface area (Å²) in [6, 6.07) is 6.06. The van der Waals surface area contributed by atoms with Crippen molar-refractivity contribution in [3.63, 3.8) is 0 Å². The van der Waals surface area contributed by atoms with Gasteiger partial charge in [0.1, 0.15) is 24.2 Å². The Morgan fingerprint density at radius 2 is 1.56 bits per heavy atom. The van der Waals surface area contributed by atoms with Crippen LogP contribution in [0.1, 0.15) is 117 Å². The molecule has 6 aliphatic carbocycles. The van der Waals surface area contributed by atoms with Gasteiger partial charge in [0.05, 0.1) is 6.04 Å². The Balaban J connectivity index is 1.02. The molecule has 5 amide bonds. The fourth-order valence-electron chi connectivity index (χ4n) is 11.9. The van der Waals surface area contributed by atoms with Crippen LogP contribution in [0.3, 0.4) is 0 Å². The average Bonchev–Trinajstić information content (AvgIpc) is 3.46. The summed E-state index contributed by atoms with van der Waals surface area (Å²) in [5.74, 6) is -1.50. The lowest BCUT2D eigenvalue weighted by Gasteiger charge is -2.56. The van der Waals surface area contributed by atoms with E-state index in [2.05, 4.69) is 41.7 Å². The minimum atomic E-state index is -1.21. The molecule has 0 radical (unpaired) electrons. The van der Waals surface area contributed by atoms with Gasteiger partial charge in [-0.15, -0.1) is 6.58 Å². The van der Waals surface area contributed by atoms with Crippen molar-refractivity contribution in [2.24, 2.45) is 40.9 Å². The molecule has 8 rings (SSSR count). The number of likely N-dealkylation sites (tertiary alicyclic amines) is 1. The second kappa shape index (κ2) is 16.2. The quantitative estimate of drug-likeness (QED) is 0.107. The van der Waals surface area contributed by atoms with Crippen LogP contribution in [-0.4, -0.2) is 77.2 Å². The highest BCUT2D eigenvalue weighted by Crippen LogP contribution is 2.65. The second-order valence-electron chi connectivity index (χ2n) is 19.4. The maximum atomic E-state index is 14.8. The van der Waals surface area contributed by atoms with Crippen LogP contribution >= 0.6 is 0 Å². The molecule has 7 fully saturated rings. The fourth-order valence-corrected chi connectivity index (χ4v) is 11.9. The summed E-state index contributed by atoms with van der Waals surface area (Å²) in [5.41, 5.74) is -0.598. The molecular weight excluding hydrogens is 723 g/mol. The molecule has 0 aromatic heterocycles. The number of piperidine rings is 1. The van der Waals surface area contributed by atoms with Gasteiger partial charge in [-0.2, -0.15) is 0 Å². The van der Waals surface area contributed by atoms with Gasteiger partial charge in [0.2, 0.25) is 17.6 Å². The SMILES string of the molecule is C=CCCC(NC(=O)[C@@H]1[C@@H]2C(CN1C(=O)[C@@H](NC(=O)NC13CC4CC(CC(C4)C1)C3)C1CCCCC1)C2(C)C)C(=O)C(=O)NCC(=O)OC(C)(C)c1ccccc1. The molecule has 1 saturated heterocycles. The number of rotatable bonds is 15. The van der Waals surface area contributed by atoms with Crippen molar-refractivity contribution < 1.29 is 33.5 Å². The van der Waals surface area contributed by atoms with Gasteiger partial charge in [-0.05, 0) is 125 Å². The summed E-state index contributed by atoms with van der Waals surface area (Å²) in [7, 11) is 0. The number of carbonyl (C=O) groups excluding carboxylic acids is 6. The first-order valence-corrected chi connectivity index (χ1v) is 21.5. The van der Waals surface area contributed by atoms with Crippen LogP contribution in [0, 0.1) is 40.9 Å². The van der Waals surface area contributed by atoms with Crippen LogP contribution < -0.4 is 21.3 Å². The van der Waals surface area contributed by atoms with Crippen molar-refractivity contribution in [3.8, 4) is 0 Å². The predicted octanol–water partition coefficient (Wildman–Crippen LogP) is 5.30. The Labute approximate surface area is 337 Å². The van der Waals surface area contributed by atoms with Crippen LogP contribution in [0.4, 0.5) is 4.79 Å². The van der Waals surface area contributed by atoms with E-state index in [0.29, 0.717) is 30.7 Å². The van der Waals surface area contributed by atoms with Crippen molar-refractivity contribution in [2.45, 2.75) is 140 Å². The number of ether oxygens (including phenoxy) is 1. The van der Waals surface area contributed by atoms with E-state index in [4.69, 9.17) is 4.74 Å². The molecule has 310 valence electrons. The van der Waals surface area contributed by atoms with Gasteiger partial charge >= 0.3 is 12.0 Å². The zero-order valence-electron chi connectivity index (χ0n) is 34.3. The zero-order valence-corrected chi connectivity index (χ0v) is 34.3. The Hall–Kier alpha value is -4.22. The number of benzene rings is 1. The van der Waals surface area contributed by atoms with E-state index in [1.165, 1.54) is 19.3 Å².